The highest BCUT2D eigenvalue weighted by atomic mass is 19.2. The number of carbonyl (C=O) groups excluding carboxylic acids is 2. The molecule has 0 N–H and O–H groups in total. The lowest BCUT2D eigenvalue weighted by Crippen LogP contribution is -2.05. The molecular weight excluding hydrogens is 214 g/mol. The fraction of sp³-hybridized carbons (Fsp3) is 0.167. The lowest BCUT2D eigenvalue weighted by atomic mass is 10.0. The largest absolute Gasteiger partial charge is 0.294 e. The summed E-state index contributed by atoms with van der Waals surface area (Å²) in [5.74, 6) is -2.79. The molecule has 1 aromatic carbocycles. The molecule has 0 spiro atoms. The van der Waals surface area contributed by atoms with E-state index in [1.54, 1.807) is 0 Å². The molecule has 0 aliphatic heterocycles. The van der Waals surface area contributed by atoms with Crippen LogP contribution in [0, 0.1) is 11.6 Å². The second-order valence-corrected chi connectivity index (χ2v) is 3.34. The third kappa shape index (κ3) is 2.82. The molecule has 0 fully saturated rings. The molecule has 0 unspecified atom stereocenters. The quantitative estimate of drug-likeness (QED) is 0.449. The molecule has 1 aromatic rings. The van der Waals surface area contributed by atoms with Crippen molar-refractivity contribution in [3.63, 3.8) is 0 Å². The van der Waals surface area contributed by atoms with Crippen molar-refractivity contribution in [2.45, 2.75) is 13.8 Å². The molecule has 0 heterocycles. The van der Waals surface area contributed by atoms with Crippen LogP contribution in [0.1, 0.15) is 19.4 Å². The SMILES string of the molecule is CC(=O)C(=Cc1ccc(F)c(F)c1)C(C)=O. The van der Waals surface area contributed by atoms with Gasteiger partial charge in [0.05, 0.1) is 5.57 Å². The van der Waals surface area contributed by atoms with E-state index >= 15 is 0 Å². The van der Waals surface area contributed by atoms with E-state index in [2.05, 4.69) is 0 Å². The predicted molar refractivity (Wildman–Crippen MR) is 55.7 cm³/mol. The van der Waals surface area contributed by atoms with Gasteiger partial charge >= 0.3 is 0 Å². The van der Waals surface area contributed by atoms with Crippen LogP contribution in [0.2, 0.25) is 0 Å². The molecule has 0 radical (unpaired) electrons. The first kappa shape index (κ1) is 12.2. The molecular formula is C12H10F2O2. The lowest BCUT2D eigenvalue weighted by molar-refractivity contribution is -0.119. The molecule has 0 aliphatic rings. The van der Waals surface area contributed by atoms with Gasteiger partial charge in [-0.1, -0.05) is 6.07 Å². The summed E-state index contributed by atoms with van der Waals surface area (Å²) in [7, 11) is 0. The summed E-state index contributed by atoms with van der Waals surface area (Å²) < 4.78 is 25.5. The van der Waals surface area contributed by atoms with Crippen LogP contribution in [-0.4, -0.2) is 11.6 Å². The minimum atomic E-state index is -1.01. The van der Waals surface area contributed by atoms with Gasteiger partial charge in [0.2, 0.25) is 0 Å². The van der Waals surface area contributed by atoms with E-state index in [1.807, 2.05) is 0 Å². The molecule has 2 nitrogen and oxygen atoms in total. The summed E-state index contributed by atoms with van der Waals surface area (Å²) in [5, 5.41) is 0. The van der Waals surface area contributed by atoms with Crippen LogP contribution in [0.15, 0.2) is 23.8 Å². The van der Waals surface area contributed by atoms with Crippen LogP contribution < -0.4 is 0 Å². The van der Waals surface area contributed by atoms with Crippen molar-refractivity contribution in [2.75, 3.05) is 0 Å². The minimum Gasteiger partial charge on any atom is -0.294 e. The Labute approximate surface area is 91.6 Å². The molecule has 0 bridgehead atoms. The van der Waals surface area contributed by atoms with E-state index < -0.39 is 23.2 Å². The first-order valence-corrected chi connectivity index (χ1v) is 4.60. The van der Waals surface area contributed by atoms with Gasteiger partial charge in [0.1, 0.15) is 0 Å². The smallest absolute Gasteiger partial charge is 0.163 e. The van der Waals surface area contributed by atoms with Crippen molar-refractivity contribution in [1.29, 1.82) is 0 Å². The number of ketones is 2. The Balaban J connectivity index is 3.18. The molecule has 1 rings (SSSR count). The van der Waals surface area contributed by atoms with Crippen LogP contribution >= 0.6 is 0 Å². The summed E-state index contributed by atoms with van der Waals surface area (Å²) in [6.45, 7) is 2.49. The predicted octanol–water partition coefficient (Wildman–Crippen LogP) is 2.53. The highest BCUT2D eigenvalue weighted by Gasteiger charge is 2.10. The molecule has 0 aliphatic carbocycles. The van der Waals surface area contributed by atoms with E-state index in [4.69, 9.17) is 0 Å². The zero-order valence-corrected chi connectivity index (χ0v) is 8.88. The average molecular weight is 224 g/mol. The Bertz CT molecular complexity index is 460. The Morgan fingerprint density at radius 3 is 2.06 bits per heavy atom. The van der Waals surface area contributed by atoms with E-state index in [-0.39, 0.29) is 11.1 Å². The maximum Gasteiger partial charge on any atom is 0.163 e. The number of allylic oxidation sites excluding steroid dienone is 1. The summed E-state index contributed by atoms with van der Waals surface area (Å²) in [4.78, 5) is 22.2. The minimum absolute atomic E-state index is 0.0361. The normalized spacial score (nSPS) is 9.75. The Morgan fingerprint density at radius 1 is 1.06 bits per heavy atom. The average Bonchev–Trinajstić information content (AvgIpc) is 2.18. The maximum absolute atomic E-state index is 12.9. The molecule has 0 amide bonds. The summed E-state index contributed by atoms with van der Waals surface area (Å²) in [6.07, 6.45) is 1.24. The van der Waals surface area contributed by atoms with E-state index in [9.17, 15) is 18.4 Å². The van der Waals surface area contributed by atoms with Gasteiger partial charge in [0.25, 0.3) is 0 Å². The summed E-state index contributed by atoms with van der Waals surface area (Å²) in [6, 6.07) is 3.17. The highest BCUT2D eigenvalue weighted by molar-refractivity contribution is 6.21. The zero-order chi connectivity index (χ0) is 12.3. The first-order valence-electron chi connectivity index (χ1n) is 4.60. The second-order valence-electron chi connectivity index (χ2n) is 3.34. The fourth-order valence-electron chi connectivity index (χ4n) is 1.22. The molecule has 4 heteroatoms. The third-order valence-electron chi connectivity index (χ3n) is 2.01. The summed E-state index contributed by atoms with van der Waals surface area (Å²) >= 11 is 0. The Hall–Kier alpha value is -1.84. The number of benzene rings is 1. The van der Waals surface area contributed by atoms with Crippen LogP contribution in [-0.2, 0) is 9.59 Å². The van der Waals surface area contributed by atoms with Gasteiger partial charge in [0, 0.05) is 0 Å². The number of halogens is 2. The Morgan fingerprint density at radius 2 is 1.62 bits per heavy atom. The molecule has 84 valence electrons. The van der Waals surface area contributed by atoms with Crippen LogP contribution in [0.4, 0.5) is 8.78 Å². The van der Waals surface area contributed by atoms with Crippen LogP contribution in [0.5, 0.6) is 0 Å². The van der Waals surface area contributed by atoms with Crippen molar-refractivity contribution in [3.8, 4) is 0 Å². The van der Waals surface area contributed by atoms with Crippen molar-refractivity contribution >= 4 is 17.6 Å². The number of hydrogen-bond donors (Lipinski definition) is 0. The fourth-order valence-corrected chi connectivity index (χ4v) is 1.22. The molecule has 0 saturated carbocycles. The van der Waals surface area contributed by atoms with Crippen molar-refractivity contribution in [2.24, 2.45) is 0 Å². The first-order chi connectivity index (χ1) is 7.41. The Kier molecular flexibility index (Phi) is 3.66. The van der Waals surface area contributed by atoms with Gasteiger partial charge in [-0.05, 0) is 37.6 Å². The van der Waals surface area contributed by atoms with Gasteiger partial charge in [0.15, 0.2) is 23.2 Å². The van der Waals surface area contributed by atoms with Crippen molar-refractivity contribution in [1.82, 2.24) is 0 Å². The second kappa shape index (κ2) is 4.79. The van der Waals surface area contributed by atoms with Crippen molar-refractivity contribution < 1.29 is 18.4 Å². The van der Waals surface area contributed by atoms with Gasteiger partial charge in [-0.3, -0.25) is 9.59 Å². The standard InChI is InChI=1S/C12H10F2O2/c1-7(15)10(8(2)16)5-9-3-4-11(13)12(14)6-9/h3-6H,1-2H3. The molecule has 16 heavy (non-hydrogen) atoms. The van der Waals surface area contributed by atoms with Crippen LogP contribution in [0.3, 0.4) is 0 Å². The lowest BCUT2D eigenvalue weighted by Gasteiger charge is -1.99. The third-order valence-corrected chi connectivity index (χ3v) is 2.01. The van der Waals surface area contributed by atoms with E-state index in [0.717, 1.165) is 12.1 Å². The molecule has 0 atom stereocenters. The van der Waals surface area contributed by atoms with Gasteiger partial charge < -0.3 is 0 Å². The monoisotopic (exact) mass is 224 g/mol. The number of rotatable bonds is 3. The number of Topliss-reactive ketones (excluding diaryl/α,β-unsaturated/α-hetero) is 2. The van der Waals surface area contributed by atoms with E-state index in [0.29, 0.717) is 0 Å². The summed E-state index contributed by atoms with van der Waals surface area (Å²) in [5.41, 5.74) is 0.241. The number of carbonyl (C=O) groups is 2. The van der Waals surface area contributed by atoms with Gasteiger partial charge in [-0.15, -0.1) is 0 Å². The molecule has 0 aromatic heterocycles. The zero-order valence-electron chi connectivity index (χ0n) is 8.88. The highest BCUT2D eigenvalue weighted by Crippen LogP contribution is 2.13. The maximum atomic E-state index is 12.9. The topological polar surface area (TPSA) is 34.1 Å². The molecule has 0 saturated heterocycles. The van der Waals surface area contributed by atoms with Gasteiger partial charge in [-0.25, -0.2) is 8.78 Å². The van der Waals surface area contributed by atoms with Gasteiger partial charge in [-0.2, -0.15) is 0 Å². The van der Waals surface area contributed by atoms with Crippen molar-refractivity contribution in [3.05, 3.63) is 41.0 Å². The number of hydrogen-bond acceptors (Lipinski definition) is 2. The van der Waals surface area contributed by atoms with E-state index in [1.165, 1.54) is 26.0 Å². The van der Waals surface area contributed by atoms with Crippen LogP contribution in [0.25, 0.3) is 6.08 Å².